The first-order valence-corrected chi connectivity index (χ1v) is 9.94. The van der Waals surface area contributed by atoms with Crippen LogP contribution in [0.25, 0.3) is 10.8 Å². The minimum Gasteiger partial charge on any atom is -0.497 e. The number of carbonyl (C=O) groups excluding carboxylic acids is 3. The lowest BCUT2D eigenvalue weighted by Crippen LogP contribution is -2.43. The number of nitrogens with one attached hydrogen (secondary N) is 2. The van der Waals surface area contributed by atoms with Gasteiger partial charge >= 0.3 is 6.03 Å². The van der Waals surface area contributed by atoms with E-state index in [0.717, 1.165) is 21.2 Å². The highest BCUT2D eigenvalue weighted by Crippen LogP contribution is 2.30. The van der Waals surface area contributed by atoms with Crippen LogP contribution in [0.4, 0.5) is 4.79 Å². The molecule has 7 nitrogen and oxygen atoms in total. The summed E-state index contributed by atoms with van der Waals surface area (Å²) in [5, 5.41) is 7.50. The van der Waals surface area contributed by atoms with Crippen LogP contribution in [-0.4, -0.2) is 36.4 Å². The molecule has 1 fully saturated rings. The molecule has 158 valence electrons. The summed E-state index contributed by atoms with van der Waals surface area (Å²) in [6.45, 7) is 1.57. The van der Waals surface area contributed by atoms with Crippen LogP contribution in [0.1, 0.15) is 18.1 Å². The van der Waals surface area contributed by atoms with E-state index in [0.29, 0.717) is 11.3 Å². The number of amides is 4. The first-order chi connectivity index (χ1) is 14.9. The van der Waals surface area contributed by atoms with Crippen molar-refractivity contribution in [1.29, 1.82) is 0 Å². The van der Waals surface area contributed by atoms with Gasteiger partial charge in [-0.25, -0.2) is 4.79 Å². The molecular weight excluding hydrogens is 394 g/mol. The number of benzene rings is 3. The van der Waals surface area contributed by atoms with Gasteiger partial charge in [-0.1, -0.05) is 48.5 Å². The van der Waals surface area contributed by atoms with E-state index in [1.54, 1.807) is 14.0 Å². The van der Waals surface area contributed by atoms with E-state index in [-0.39, 0.29) is 13.1 Å². The molecule has 0 aliphatic carbocycles. The molecule has 1 saturated heterocycles. The standard InChI is InChI=1S/C24H23N3O4/c1-24(19-11-10-17-7-3-4-8-18(17)13-19)22(29)27(23(30)26-24)15-21(28)25-14-16-6-5-9-20(12-16)31-2/h3-13H,14-15H2,1-2H3,(H,25,28)(H,26,30)/t24-/m0/s1. The highest BCUT2D eigenvalue weighted by atomic mass is 16.5. The summed E-state index contributed by atoms with van der Waals surface area (Å²) in [6, 6.07) is 20.1. The third-order valence-corrected chi connectivity index (χ3v) is 5.53. The fraction of sp³-hybridized carbons (Fsp3) is 0.208. The minimum atomic E-state index is -1.23. The number of carbonyl (C=O) groups is 3. The lowest BCUT2D eigenvalue weighted by molar-refractivity contribution is -0.134. The summed E-state index contributed by atoms with van der Waals surface area (Å²) in [6.07, 6.45) is 0. The second-order valence-corrected chi connectivity index (χ2v) is 7.64. The van der Waals surface area contributed by atoms with Crippen LogP contribution in [-0.2, 0) is 21.7 Å². The van der Waals surface area contributed by atoms with Gasteiger partial charge in [-0.2, -0.15) is 0 Å². The number of urea groups is 1. The monoisotopic (exact) mass is 417 g/mol. The van der Waals surface area contributed by atoms with Crippen molar-refractivity contribution in [1.82, 2.24) is 15.5 Å². The average Bonchev–Trinajstić information content (AvgIpc) is 3.01. The third kappa shape index (κ3) is 3.94. The van der Waals surface area contributed by atoms with Gasteiger partial charge in [-0.15, -0.1) is 0 Å². The van der Waals surface area contributed by atoms with Crippen molar-refractivity contribution in [2.45, 2.75) is 19.0 Å². The van der Waals surface area contributed by atoms with Crippen molar-refractivity contribution in [3.05, 3.63) is 77.9 Å². The molecule has 0 bridgehead atoms. The van der Waals surface area contributed by atoms with E-state index in [1.807, 2.05) is 66.7 Å². The highest BCUT2D eigenvalue weighted by molar-refractivity contribution is 6.09. The number of methoxy groups -OCH3 is 1. The number of imide groups is 1. The van der Waals surface area contributed by atoms with E-state index in [2.05, 4.69) is 10.6 Å². The van der Waals surface area contributed by atoms with Crippen molar-refractivity contribution < 1.29 is 19.1 Å². The lowest BCUT2D eigenvalue weighted by Gasteiger charge is -2.22. The predicted octanol–water partition coefficient (Wildman–Crippen LogP) is 2.93. The molecule has 1 heterocycles. The smallest absolute Gasteiger partial charge is 0.325 e. The molecule has 0 spiro atoms. The molecule has 4 amide bonds. The van der Waals surface area contributed by atoms with E-state index in [4.69, 9.17) is 4.74 Å². The Balaban J connectivity index is 1.46. The molecular formula is C24H23N3O4. The van der Waals surface area contributed by atoms with E-state index in [1.165, 1.54) is 0 Å². The maximum Gasteiger partial charge on any atom is 0.325 e. The Morgan fingerprint density at radius 1 is 1.03 bits per heavy atom. The van der Waals surface area contributed by atoms with Crippen LogP contribution in [0, 0.1) is 0 Å². The molecule has 0 saturated carbocycles. The molecule has 4 rings (SSSR count). The van der Waals surface area contributed by atoms with Crippen molar-refractivity contribution in [3.63, 3.8) is 0 Å². The van der Waals surface area contributed by atoms with Crippen LogP contribution in [0.2, 0.25) is 0 Å². The van der Waals surface area contributed by atoms with Crippen molar-refractivity contribution in [2.75, 3.05) is 13.7 Å². The molecule has 1 atom stereocenters. The number of nitrogens with zero attached hydrogens (tertiary/aromatic N) is 1. The van der Waals surface area contributed by atoms with Crippen LogP contribution in [0.3, 0.4) is 0 Å². The Hall–Kier alpha value is -3.87. The SMILES string of the molecule is COc1cccc(CNC(=O)CN2C(=O)N[C@@](C)(c3ccc4ccccc4c3)C2=O)c1. The summed E-state index contributed by atoms with van der Waals surface area (Å²) in [7, 11) is 1.57. The second kappa shape index (κ2) is 8.10. The number of fused-ring (bicyclic) bond motifs is 1. The van der Waals surface area contributed by atoms with Gasteiger partial charge in [0, 0.05) is 6.54 Å². The molecule has 31 heavy (non-hydrogen) atoms. The van der Waals surface area contributed by atoms with Gasteiger partial charge < -0.3 is 15.4 Å². The molecule has 2 N–H and O–H groups in total. The zero-order valence-corrected chi connectivity index (χ0v) is 17.3. The Labute approximate surface area is 180 Å². The predicted molar refractivity (Wildman–Crippen MR) is 116 cm³/mol. The Bertz CT molecular complexity index is 1180. The first kappa shape index (κ1) is 20.4. The van der Waals surface area contributed by atoms with Gasteiger partial charge in [-0.3, -0.25) is 14.5 Å². The maximum atomic E-state index is 13.1. The summed E-state index contributed by atoms with van der Waals surface area (Å²) < 4.78 is 5.17. The Kier molecular flexibility index (Phi) is 5.33. The molecule has 1 aliphatic rings. The fourth-order valence-electron chi connectivity index (χ4n) is 3.72. The van der Waals surface area contributed by atoms with Crippen molar-refractivity contribution in [2.24, 2.45) is 0 Å². The van der Waals surface area contributed by atoms with Gasteiger partial charge in [0.05, 0.1) is 7.11 Å². The van der Waals surface area contributed by atoms with Gasteiger partial charge in [0.1, 0.15) is 17.8 Å². The normalized spacial score (nSPS) is 18.2. The Morgan fingerprint density at radius 2 is 1.81 bits per heavy atom. The fourth-order valence-corrected chi connectivity index (χ4v) is 3.72. The molecule has 1 aliphatic heterocycles. The molecule has 0 radical (unpaired) electrons. The van der Waals surface area contributed by atoms with Crippen LogP contribution < -0.4 is 15.4 Å². The summed E-state index contributed by atoms with van der Waals surface area (Å²) in [4.78, 5) is 39.0. The number of rotatable bonds is 6. The third-order valence-electron chi connectivity index (χ3n) is 5.53. The van der Waals surface area contributed by atoms with Gasteiger partial charge in [0.15, 0.2) is 0 Å². The first-order valence-electron chi connectivity index (χ1n) is 9.94. The molecule has 3 aromatic rings. The van der Waals surface area contributed by atoms with E-state index >= 15 is 0 Å². The Morgan fingerprint density at radius 3 is 2.58 bits per heavy atom. The number of hydrogen-bond acceptors (Lipinski definition) is 4. The number of ether oxygens (including phenoxy) is 1. The maximum absolute atomic E-state index is 13.1. The minimum absolute atomic E-state index is 0.266. The summed E-state index contributed by atoms with van der Waals surface area (Å²) in [5.74, 6) is -0.189. The lowest BCUT2D eigenvalue weighted by atomic mass is 9.90. The van der Waals surface area contributed by atoms with Crippen molar-refractivity contribution in [3.8, 4) is 5.75 Å². The highest BCUT2D eigenvalue weighted by Gasteiger charge is 2.49. The van der Waals surface area contributed by atoms with E-state index in [9.17, 15) is 14.4 Å². The van der Waals surface area contributed by atoms with Crippen LogP contribution in [0.5, 0.6) is 5.75 Å². The second-order valence-electron chi connectivity index (χ2n) is 7.64. The zero-order chi connectivity index (χ0) is 22.0. The van der Waals surface area contributed by atoms with Gasteiger partial charge in [-0.05, 0) is 47.0 Å². The van der Waals surface area contributed by atoms with Gasteiger partial charge in [0.2, 0.25) is 5.91 Å². The molecule has 3 aromatic carbocycles. The van der Waals surface area contributed by atoms with Crippen LogP contribution in [0.15, 0.2) is 66.7 Å². The van der Waals surface area contributed by atoms with Gasteiger partial charge in [0.25, 0.3) is 5.91 Å². The molecule has 7 heteroatoms. The quantitative estimate of drug-likeness (QED) is 0.604. The van der Waals surface area contributed by atoms with Crippen molar-refractivity contribution >= 4 is 28.6 Å². The largest absolute Gasteiger partial charge is 0.497 e. The molecule has 0 aromatic heterocycles. The summed E-state index contributed by atoms with van der Waals surface area (Å²) in [5.41, 5.74) is 0.295. The van der Waals surface area contributed by atoms with Crippen LogP contribution >= 0.6 is 0 Å². The topological polar surface area (TPSA) is 87.7 Å². The zero-order valence-electron chi connectivity index (χ0n) is 17.3. The average molecular weight is 417 g/mol. The molecule has 0 unspecified atom stereocenters. The number of hydrogen-bond donors (Lipinski definition) is 2. The summed E-state index contributed by atoms with van der Waals surface area (Å²) >= 11 is 0. The van der Waals surface area contributed by atoms with E-state index < -0.39 is 23.4 Å².